The first-order valence-corrected chi connectivity index (χ1v) is 11.1. The molecule has 2 aromatic heterocycles. The first-order chi connectivity index (χ1) is 15.1. The molecule has 1 aromatic carbocycles. The van der Waals surface area contributed by atoms with E-state index in [2.05, 4.69) is 41.2 Å². The molecule has 31 heavy (non-hydrogen) atoms. The number of aryl methyl sites for hydroxylation is 1. The van der Waals surface area contributed by atoms with Crippen LogP contribution in [0, 0.1) is 6.92 Å². The second kappa shape index (κ2) is 8.30. The van der Waals surface area contributed by atoms with Crippen molar-refractivity contribution >= 4 is 5.91 Å². The van der Waals surface area contributed by atoms with Crippen molar-refractivity contribution in [2.45, 2.75) is 44.6 Å². The summed E-state index contributed by atoms with van der Waals surface area (Å²) in [6.07, 6.45) is 6.02. The fourth-order valence-corrected chi connectivity index (χ4v) is 4.86. The molecule has 7 nitrogen and oxygen atoms in total. The minimum atomic E-state index is -0.135. The molecule has 3 heterocycles. The highest BCUT2D eigenvalue weighted by Gasteiger charge is 2.41. The van der Waals surface area contributed by atoms with Gasteiger partial charge >= 0.3 is 0 Å². The van der Waals surface area contributed by atoms with E-state index in [-0.39, 0.29) is 11.3 Å². The van der Waals surface area contributed by atoms with E-state index in [1.165, 1.54) is 30.2 Å². The van der Waals surface area contributed by atoms with E-state index in [4.69, 9.17) is 13.9 Å². The largest absolute Gasteiger partial charge is 0.459 e. The van der Waals surface area contributed by atoms with Crippen LogP contribution in [0.2, 0.25) is 0 Å². The van der Waals surface area contributed by atoms with Gasteiger partial charge in [0, 0.05) is 26.2 Å². The summed E-state index contributed by atoms with van der Waals surface area (Å²) in [5.74, 6) is 1.81. The number of carbonyl (C=O) groups is 1. The number of aromatic nitrogens is 2. The fourth-order valence-electron chi connectivity index (χ4n) is 4.86. The molecule has 2 fully saturated rings. The van der Waals surface area contributed by atoms with Gasteiger partial charge in [-0.1, -0.05) is 47.8 Å². The second-order valence-electron chi connectivity index (χ2n) is 8.71. The van der Waals surface area contributed by atoms with Crippen LogP contribution < -0.4 is 0 Å². The molecule has 1 saturated heterocycles. The molecule has 0 atom stereocenters. The summed E-state index contributed by atoms with van der Waals surface area (Å²) >= 11 is 0. The molecule has 3 aromatic rings. The average molecular weight is 421 g/mol. The van der Waals surface area contributed by atoms with E-state index in [1.54, 1.807) is 12.1 Å². The third kappa shape index (κ3) is 3.90. The summed E-state index contributed by atoms with van der Waals surface area (Å²) < 4.78 is 10.9. The minimum Gasteiger partial charge on any atom is -0.459 e. The van der Waals surface area contributed by atoms with E-state index in [0.29, 0.717) is 31.3 Å². The summed E-state index contributed by atoms with van der Waals surface area (Å²) in [6, 6.07) is 12.2. The molecule has 5 rings (SSSR count). The molecule has 0 spiro atoms. The zero-order valence-corrected chi connectivity index (χ0v) is 17.9. The third-order valence-corrected chi connectivity index (χ3v) is 6.71. The van der Waals surface area contributed by atoms with Crippen molar-refractivity contribution in [1.82, 2.24) is 19.9 Å². The third-order valence-electron chi connectivity index (χ3n) is 6.71. The summed E-state index contributed by atoms with van der Waals surface area (Å²) in [4.78, 5) is 21.4. The first kappa shape index (κ1) is 20.0. The maximum absolute atomic E-state index is 12.4. The maximum Gasteiger partial charge on any atom is 0.289 e. The van der Waals surface area contributed by atoms with Crippen molar-refractivity contribution in [3.05, 3.63) is 71.3 Å². The standard InChI is InChI=1S/C24H28N4O3/c1-18-6-8-19(9-7-18)24(10-2-3-11-24)23-25-21(31-26-23)17-27-12-14-28(15-13-27)22(29)20-5-4-16-30-20/h4-9,16H,2-3,10-15,17H2,1H3. The molecular formula is C24H28N4O3. The Kier molecular flexibility index (Phi) is 5.36. The van der Waals surface area contributed by atoms with Gasteiger partial charge < -0.3 is 13.8 Å². The summed E-state index contributed by atoms with van der Waals surface area (Å²) in [5.41, 5.74) is 2.41. The van der Waals surface area contributed by atoms with Gasteiger partial charge in [0.1, 0.15) is 0 Å². The van der Waals surface area contributed by atoms with Gasteiger partial charge in [0.2, 0.25) is 5.89 Å². The number of benzene rings is 1. The summed E-state index contributed by atoms with van der Waals surface area (Å²) in [5, 5.41) is 4.42. The van der Waals surface area contributed by atoms with Gasteiger partial charge in [0.05, 0.1) is 18.2 Å². The summed E-state index contributed by atoms with van der Waals surface area (Å²) in [7, 11) is 0. The molecule has 0 bridgehead atoms. The zero-order chi connectivity index (χ0) is 21.3. The highest BCUT2D eigenvalue weighted by atomic mass is 16.5. The van der Waals surface area contributed by atoms with Crippen LogP contribution >= 0.6 is 0 Å². The van der Waals surface area contributed by atoms with Crippen LogP contribution in [0.3, 0.4) is 0 Å². The van der Waals surface area contributed by atoms with Crippen molar-refractivity contribution in [2.75, 3.05) is 26.2 Å². The van der Waals surface area contributed by atoms with Crippen LogP contribution in [0.25, 0.3) is 0 Å². The monoisotopic (exact) mass is 420 g/mol. The first-order valence-electron chi connectivity index (χ1n) is 11.1. The van der Waals surface area contributed by atoms with Crippen LogP contribution in [0.1, 0.15) is 59.1 Å². The SMILES string of the molecule is Cc1ccc(C2(c3noc(CN4CCN(C(=O)c5ccco5)CC4)n3)CCCC2)cc1. The van der Waals surface area contributed by atoms with Gasteiger partial charge in [-0.05, 0) is 37.5 Å². The zero-order valence-electron chi connectivity index (χ0n) is 17.9. The van der Waals surface area contributed by atoms with E-state index < -0.39 is 0 Å². The molecule has 7 heteroatoms. The Balaban J connectivity index is 1.25. The number of piperazine rings is 1. The second-order valence-corrected chi connectivity index (χ2v) is 8.71. The fraction of sp³-hybridized carbons (Fsp3) is 0.458. The molecular weight excluding hydrogens is 392 g/mol. The smallest absolute Gasteiger partial charge is 0.289 e. The Morgan fingerprint density at radius 2 is 1.81 bits per heavy atom. The topological polar surface area (TPSA) is 75.6 Å². The number of furan rings is 1. The lowest BCUT2D eigenvalue weighted by Gasteiger charge is -2.33. The van der Waals surface area contributed by atoms with E-state index in [1.807, 2.05) is 4.90 Å². The van der Waals surface area contributed by atoms with Crippen LogP contribution in [-0.2, 0) is 12.0 Å². The van der Waals surface area contributed by atoms with E-state index >= 15 is 0 Å². The maximum atomic E-state index is 12.4. The van der Waals surface area contributed by atoms with Gasteiger partial charge in [-0.2, -0.15) is 4.98 Å². The number of hydrogen-bond donors (Lipinski definition) is 0. The summed E-state index contributed by atoms with van der Waals surface area (Å²) in [6.45, 7) is 5.58. The van der Waals surface area contributed by atoms with Crippen LogP contribution in [-0.4, -0.2) is 52.0 Å². The van der Waals surface area contributed by atoms with Crippen LogP contribution in [0.4, 0.5) is 0 Å². The Morgan fingerprint density at radius 3 is 2.48 bits per heavy atom. The van der Waals surface area contributed by atoms with E-state index in [9.17, 15) is 4.79 Å². The molecule has 0 N–H and O–H groups in total. The van der Waals surface area contributed by atoms with E-state index in [0.717, 1.165) is 31.8 Å². The number of hydrogen-bond acceptors (Lipinski definition) is 6. The van der Waals surface area contributed by atoms with Crippen LogP contribution in [0.5, 0.6) is 0 Å². The molecule has 1 amide bonds. The molecule has 1 aliphatic heterocycles. The Morgan fingerprint density at radius 1 is 1.06 bits per heavy atom. The van der Waals surface area contributed by atoms with Crippen molar-refractivity contribution in [2.24, 2.45) is 0 Å². The van der Waals surface area contributed by atoms with Gasteiger partial charge in [-0.15, -0.1) is 0 Å². The average Bonchev–Trinajstić information content (AvgIpc) is 3.56. The molecule has 0 radical (unpaired) electrons. The lowest BCUT2D eigenvalue weighted by atomic mass is 9.78. The Bertz CT molecular complexity index is 1010. The van der Waals surface area contributed by atoms with Crippen molar-refractivity contribution in [3.63, 3.8) is 0 Å². The number of amides is 1. The Hall–Kier alpha value is -2.93. The lowest BCUT2D eigenvalue weighted by Crippen LogP contribution is -2.48. The molecule has 1 aliphatic carbocycles. The predicted octanol–water partition coefficient (Wildman–Crippen LogP) is 3.79. The lowest BCUT2D eigenvalue weighted by molar-refractivity contribution is 0.0585. The quantitative estimate of drug-likeness (QED) is 0.625. The van der Waals surface area contributed by atoms with Crippen molar-refractivity contribution < 1.29 is 13.7 Å². The molecule has 0 unspecified atom stereocenters. The van der Waals surface area contributed by atoms with Gasteiger partial charge in [-0.3, -0.25) is 9.69 Å². The number of rotatable bonds is 5. The molecule has 162 valence electrons. The molecule has 1 saturated carbocycles. The van der Waals surface area contributed by atoms with Crippen molar-refractivity contribution in [1.29, 1.82) is 0 Å². The number of nitrogens with zero attached hydrogens (tertiary/aromatic N) is 4. The highest BCUT2D eigenvalue weighted by Crippen LogP contribution is 2.45. The predicted molar refractivity (Wildman–Crippen MR) is 115 cm³/mol. The normalized spacial score (nSPS) is 19.1. The van der Waals surface area contributed by atoms with Gasteiger partial charge in [-0.25, -0.2) is 0 Å². The van der Waals surface area contributed by atoms with Gasteiger partial charge in [0.25, 0.3) is 5.91 Å². The number of carbonyl (C=O) groups excluding carboxylic acids is 1. The highest BCUT2D eigenvalue weighted by molar-refractivity contribution is 5.91. The van der Waals surface area contributed by atoms with Gasteiger partial charge in [0.15, 0.2) is 11.6 Å². The van der Waals surface area contributed by atoms with Crippen molar-refractivity contribution in [3.8, 4) is 0 Å². The minimum absolute atomic E-state index is 0.0500. The van der Waals surface area contributed by atoms with Crippen LogP contribution in [0.15, 0.2) is 51.6 Å². The molecule has 2 aliphatic rings. The Labute approximate surface area is 182 Å².